The summed E-state index contributed by atoms with van der Waals surface area (Å²) in [6.45, 7) is 3.88. The van der Waals surface area contributed by atoms with Gasteiger partial charge < -0.3 is 9.47 Å². The standard InChI is InChI=1S/C17H18O3/c1-12-15(13(2)18)9-10-16(17(12)19-3)20-11-14-7-5-4-6-8-14/h4-10H,11H2,1-3H3. The summed E-state index contributed by atoms with van der Waals surface area (Å²) in [6.07, 6.45) is 0. The van der Waals surface area contributed by atoms with Crippen LogP contribution in [0.5, 0.6) is 11.5 Å². The lowest BCUT2D eigenvalue weighted by atomic mass is 10.0. The van der Waals surface area contributed by atoms with Crippen molar-refractivity contribution >= 4 is 5.78 Å². The van der Waals surface area contributed by atoms with Crippen LogP contribution < -0.4 is 9.47 Å². The maximum absolute atomic E-state index is 11.5. The Morgan fingerprint density at radius 2 is 1.80 bits per heavy atom. The van der Waals surface area contributed by atoms with Crippen LogP contribution in [0, 0.1) is 6.92 Å². The molecule has 2 aromatic carbocycles. The topological polar surface area (TPSA) is 35.5 Å². The maximum atomic E-state index is 11.5. The van der Waals surface area contributed by atoms with E-state index in [2.05, 4.69) is 0 Å². The molecule has 0 unspecified atom stereocenters. The molecular formula is C17H18O3. The number of rotatable bonds is 5. The van der Waals surface area contributed by atoms with E-state index >= 15 is 0 Å². The largest absolute Gasteiger partial charge is 0.493 e. The minimum Gasteiger partial charge on any atom is -0.493 e. The number of hydrogen-bond acceptors (Lipinski definition) is 3. The fraction of sp³-hybridized carbons (Fsp3) is 0.235. The van der Waals surface area contributed by atoms with E-state index in [9.17, 15) is 4.79 Å². The molecule has 0 aliphatic carbocycles. The first-order valence-corrected chi connectivity index (χ1v) is 6.48. The normalized spacial score (nSPS) is 10.2. The fourth-order valence-corrected chi connectivity index (χ4v) is 2.15. The van der Waals surface area contributed by atoms with Crippen LogP contribution in [0.15, 0.2) is 42.5 Å². The van der Waals surface area contributed by atoms with Crippen molar-refractivity contribution in [2.45, 2.75) is 20.5 Å². The first-order chi connectivity index (χ1) is 9.63. The summed E-state index contributed by atoms with van der Waals surface area (Å²) < 4.78 is 11.2. The molecule has 20 heavy (non-hydrogen) atoms. The Balaban J connectivity index is 2.24. The Kier molecular flexibility index (Phi) is 4.41. The molecule has 3 nitrogen and oxygen atoms in total. The molecule has 0 spiro atoms. The van der Waals surface area contributed by atoms with Crippen LogP contribution in [-0.4, -0.2) is 12.9 Å². The molecule has 0 bridgehead atoms. The lowest BCUT2D eigenvalue weighted by molar-refractivity contribution is 0.101. The zero-order chi connectivity index (χ0) is 14.5. The molecule has 0 radical (unpaired) electrons. The monoisotopic (exact) mass is 270 g/mol. The van der Waals surface area contributed by atoms with Crippen molar-refractivity contribution in [3.05, 3.63) is 59.2 Å². The van der Waals surface area contributed by atoms with Gasteiger partial charge in [-0.25, -0.2) is 0 Å². The smallest absolute Gasteiger partial charge is 0.164 e. The van der Waals surface area contributed by atoms with Crippen molar-refractivity contribution < 1.29 is 14.3 Å². The Labute approximate surface area is 119 Å². The average Bonchev–Trinajstić information content (AvgIpc) is 2.45. The molecule has 2 rings (SSSR count). The molecule has 0 aliphatic heterocycles. The second-order valence-electron chi connectivity index (χ2n) is 4.60. The highest BCUT2D eigenvalue weighted by Crippen LogP contribution is 2.33. The Hall–Kier alpha value is -2.29. The van der Waals surface area contributed by atoms with E-state index in [1.807, 2.05) is 37.3 Å². The zero-order valence-corrected chi connectivity index (χ0v) is 12.0. The molecule has 0 fully saturated rings. The van der Waals surface area contributed by atoms with Crippen molar-refractivity contribution in [2.24, 2.45) is 0 Å². The summed E-state index contributed by atoms with van der Waals surface area (Å²) in [5, 5.41) is 0. The second-order valence-corrected chi connectivity index (χ2v) is 4.60. The van der Waals surface area contributed by atoms with Gasteiger partial charge in [-0.1, -0.05) is 30.3 Å². The number of hydrogen-bond donors (Lipinski definition) is 0. The predicted octanol–water partition coefficient (Wildman–Crippen LogP) is 3.79. The summed E-state index contributed by atoms with van der Waals surface area (Å²) >= 11 is 0. The number of benzene rings is 2. The highest BCUT2D eigenvalue weighted by Gasteiger charge is 2.14. The molecule has 0 atom stereocenters. The highest BCUT2D eigenvalue weighted by molar-refractivity contribution is 5.96. The fourth-order valence-electron chi connectivity index (χ4n) is 2.15. The van der Waals surface area contributed by atoms with Crippen molar-refractivity contribution in [1.82, 2.24) is 0 Å². The van der Waals surface area contributed by atoms with Crippen LogP contribution in [0.3, 0.4) is 0 Å². The van der Waals surface area contributed by atoms with Gasteiger partial charge in [0.05, 0.1) is 7.11 Å². The SMILES string of the molecule is COc1c(OCc2ccccc2)ccc(C(C)=O)c1C. The van der Waals surface area contributed by atoms with E-state index in [-0.39, 0.29) is 5.78 Å². The average molecular weight is 270 g/mol. The minimum atomic E-state index is 0.0235. The van der Waals surface area contributed by atoms with Crippen LogP contribution in [0.25, 0.3) is 0 Å². The van der Waals surface area contributed by atoms with Gasteiger partial charge >= 0.3 is 0 Å². The molecule has 0 saturated carbocycles. The molecular weight excluding hydrogens is 252 g/mol. The third-order valence-electron chi connectivity index (χ3n) is 3.19. The minimum absolute atomic E-state index is 0.0235. The van der Waals surface area contributed by atoms with Crippen molar-refractivity contribution in [2.75, 3.05) is 7.11 Å². The van der Waals surface area contributed by atoms with Crippen molar-refractivity contribution in [3.63, 3.8) is 0 Å². The third kappa shape index (κ3) is 2.99. The number of carbonyl (C=O) groups excluding carboxylic acids is 1. The second kappa shape index (κ2) is 6.24. The van der Waals surface area contributed by atoms with E-state index in [1.165, 1.54) is 0 Å². The van der Waals surface area contributed by atoms with Crippen LogP contribution in [0.4, 0.5) is 0 Å². The van der Waals surface area contributed by atoms with Crippen LogP contribution in [0.2, 0.25) is 0 Å². The summed E-state index contributed by atoms with van der Waals surface area (Å²) in [4.78, 5) is 11.5. The lowest BCUT2D eigenvalue weighted by Gasteiger charge is -2.14. The number of carbonyl (C=O) groups is 1. The Morgan fingerprint density at radius 3 is 2.40 bits per heavy atom. The van der Waals surface area contributed by atoms with Gasteiger partial charge in [0.25, 0.3) is 0 Å². The molecule has 104 valence electrons. The summed E-state index contributed by atoms with van der Waals surface area (Å²) in [7, 11) is 1.58. The van der Waals surface area contributed by atoms with Gasteiger partial charge in [0.15, 0.2) is 17.3 Å². The molecule has 2 aromatic rings. The number of Topliss-reactive ketones (excluding diaryl/α,β-unsaturated/α-hetero) is 1. The van der Waals surface area contributed by atoms with E-state index < -0.39 is 0 Å². The summed E-state index contributed by atoms with van der Waals surface area (Å²) in [5.74, 6) is 1.29. The van der Waals surface area contributed by atoms with Gasteiger partial charge in [-0.3, -0.25) is 4.79 Å². The molecule has 0 heterocycles. The van der Waals surface area contributed by atoms with Crippen molar-refractivity contribution in [3.8, 4) is 11.5 Å². The number of ketones is 1. The number of methoxy groups -OCH3 is 1. The van der Waals surface area contributed by atoms with Crippen molar-refractivity contribution in [1.29, 1.82) is 0 Å². The Bertz CT molecular complexity index is 603. The molecule has 0 saturated heterocycles. The highest BCUT2D eigenvalue weighted by atomic mass is 16.5. The van der Waals surface area contributed by atoms with Gasteiger partial charge in [0.2, 0.25) is 0 Å². The first kappa shape index (κ1) is 14.1. The van der Waals surface area contributed by atoms with Gasteiger partial charge in [-0.15, -0.1) is 0 Å². The van der Waals surface area contributed by atoms with E-state index in [4.69, 9.17) is 9.47 Å². The third-order valence-corrected chi connectivity index (χ3v) is 3.19. The molecule has 0 N–H and O–H groups in total. The molecule has 0 aliphatic rings. The zero-order valence-electron chi connectivity index (χ0n) is 12.0. The molecule has 0 aromatic heterocycles. The predicted molar refractivity (Wildman–Crippen MR) is 78.5 cm³/mol. The Morgan fingerprint density at radius 1 is 1.10 bits per heavy atom. The van der Waals surface area contributed by atoms with Crippen LogP contribution >= 0.6 is 0 Å². The van der Waals surface area contributed by atoms with E-state index in [1.54, 1.807) is 26.2 Å². The van der Waals surface area contributed by atoms with Gasteiger partial charge in [-0.05, 0) is 31.5 Å². The first-order valence-electron chi connectivity index (χ1n) is 6.48. The van der Waals surface area contributed by atoms with Crippen LogP contribution in [-0.2, 0) is 6.61 Å². The van der Waals surface area contributed by atoms with E-state index in [0.717, 1.165) is 11.1 Å². The van der Waals surface area contributed by atoms with Gasteiger partial charge in [0.1, 0.15) is 6.61 Å². The molecule has 0 amide bonds. The summed E-state index contributed by atoms with van der Waals surface area (Å²) in [6, 6.07) is 13.5. The number of ether oxygens (including phenoxy) is 2. The van der Waals surface area contributed by atoms with Crippen LogP contribution in [0.1, 0.15) is 28.4 Å². The summed E-state index contributed by atoms with van der Waals surface area (Å²) in [5.41, 5.74) is 2.56. The lowest BCUT2D eigenvalue weighted by Crippen LogP contribution is -2.03. The van der Waals surface area contributed by atoms with E-state index in [0.29, 0.717) is 23.7 Å². The molecule has 3 heteroatoms. The quantitative estimate of drug-likeness (QED) is 0.775. The van der Waals surface area contributed by atoms with Gasteiger partial charge in [0, 0.05) is 11.1 Å². The maximum Gasteiger partial charge on any atom is 0.164 e. The van der Waals surface area contributed by atoms with Gasteiger partial charge in [-0.2, -0.15) is 0 Å².